The zero-order valence-electron chi connectivity index (χ0n) is 15.3. The van der Waals surface area contributed by atoms with Gasteiger partial charge in [0.15, 0.2) is 0 Å². The highest BCUT2D eigenvalue weighted by Gasteiger charge is 2.46. The zero-order chi connectivity index (χ0) is 18.2. The fourth-order valence-corrected chi connectivity index (χ4v) is 4.10. The van der Waals surface area contributed by atoms with Gasteiger partial charge in [-0.15, -0.1) is 0 Å². The number of rotatable bonds is 8. The molecule has 5 atom stereocenters. The number of fused-ring (bicyclic) bond motifs is 1. The molecule has 4 heteroatoms. The molecule has 2 rings (SSSR count). The van der Waals surface area contributed by atoms with Crippen molar-refractivity contribution >= 4 is 5.97 Å². The van der Waals surface area contributed by atoms with Crippen LogP contribution in [0.3, 0.4) is 0 Å². The topological polar surface area (TPSA) is 77.8 Å². The molecule has 3 N–H and O–H groups in total. The third-order valence-electron chi connectivity index (χ3n) is 5.61. The summed E-state index contributed by atoms with van der Waals surface area (Å²) in [4.78, 5) is 10.6. The van der Waals surface area contributed by atoms with Crippen LogP contribution in [0.1, 0.15) is 71.1 Å². The lowest BCUT2D eigenvalue weighted by Crippen LogP contribution is -2.44. The van der Waals surface area contributed by atoms with Crippen molar-refractivity contribution in [1.82, 2.24) is 0 Å². The Bertz CT molecular complexity index is 528. The maximum atomic E-state index is 10.6. The summed E-state index contributed by atoms with van der Waals surface area (Å²) in [7, 11) is 0. The number of aliphatic hydroxyl groups excluding tert-OH is 2. The fraction of sp³-hybridized carbons (Fsp3) is 0.762. The fourth-order valence-electron chi connectivity index (χ4n) is 4.10. The van der Waals surface area contributed by atoms with Crippen LogP contribution < -0.4 is 0 Å². The summed E-state index contributed by atoms with van der Waals surface area (Å²) in [5.74, 6) is 6.26. The molecule has 0 radical (unpaired) electrons. The van der Waals surface area contributed by atoms with E-state index in [1.54, 1.807) is 0 Å². The normalized spacial score (nSPS) is 30.8. The Morgan fingerprint density at radius 3 is 2.84 bits per heavy atom. The van der Waals surface area contributed by atoms with Gasteiger partial charge in [0.05, 0.1) is 12.0 Å². The number of carboxylic acid groups (broad SMARTS) is 1. The Hall–Kier alpha value is -1.31. The number of hydrogen-bond acceptors (Lipinski definition) is 3. The summed E-state index contributed by atoms with van der Waals surface area (Å²) in [5, 5.41) is 29.0. The largest absolute Gasteiger partial charge is 0.481 e. The molecule has 0 amide bonds. The van der Waals surface area contributed by atoms with E-state index in [-0.39, 0.29) is 18.4 Å². The quantitative estimate of drug-likeness (QED) is 0.356. The van der Waals surface area contributed by atoms with Crippen molar-refractivity contribution in [2.75, 3.05) is 0 Å². The summed E-state index contributed by atoms with van der Waals surface area (Å²) >= 11 is 0. The SMILES string of the molecule is CCCCCC(O)C#C[C@@H]1[C@H]2CC(=CCCCC(=O)O)[C@H]2CC[C@H]1O. The molecule has 0 aliphatic heterocycles. The first-order valence-electron chi connectivity index (χ1n) is 9.80. The van der Waals surface area contributed by atoms with Gasteiger partial charge in [0.25, 0.3) is 0 Å². The van der Waals surface area contributed by atoms with Gasteiger partial charge in [0.2, 0.25) is 0 Å². The van der Waals surface area contributed by atoms with Crippen molar-refractivity contribution in [2.24, 2.45) is 17.8 Å². The Kier molecular flexibility index (Phi) is 7.99. The summed E-state index contributed by atoms with van der Waals surface area (Å²) in [5.41, 5.74) is 1.41. The minimum absolute atomic E-state index is 0.0317. The monoisotopic (exact) mass is 348 g/mol. The van der Waals surface area contributed by atoms with Crippen molar-refractivity contribution in [3.8, 4) is 11.8 Å². The molecule has 0 aromatic rings. The molecular formula is C21H32O4. The molecule has 2 aliphatic rings. The van der Waals surface area contributed by atoms with Gasteiger partial charge in [-0.05, 0) is 56.8 Å². The van der Waals surface area contributed by atoms with Crippen LogP contribution in [0.4, 0.5) is 0 Å². The third kappa shape index (κ3) is 5.87. The van der Waals surface area contributed by atoms with Crippen molar-refractivity contribution < 1.29 is 20.1 Å². The first-order chi connectivity index (χ1) is 12.0. The highest BCUT2D eigenvalue weighted by atomic mass is 16.4. The van der Waals surface area contributed by atoms with Crippen LogP contribution in [0.5, 0.6) is 0 Å². The van der Waals surface area contributed by atoms with E-state index in [9.17, 15) is 15.0 Å². The predicted octanol–water partition coefficient (Wildman–Crippen LogP) is 3.52. The smallest absolute Gasteiger partial charge is 0.303 e. The number of carbonyl (C=O) groups is 1. The Morgan fingerprint density at radius 1 is 1.32 bits per heavy atom. The second kappa shape index (κ2) is 9.99. The molecule has 140 valence electrons. The number of unbranched alkanes of at least 4 members (excludes halogenated alkanes) is 3. The Balaban J connectivity index is 1.85. The van der Waals surface area contributed by atoms with Gasteiger partial charge in [-0.1, -0.05) is 43.3 Å². The van der Waals surface area contributed by atoms with Crippen LogP contribution >= 0.6 is 0 Å². The van der Waals surface area contributed by atoms with Gasteiger partial charge >= 0.3 is 5.97 Å². The van der Waals surface area contributed by atoms with Gasteiger partial charge in [-0.2, -0.15) is 0 Å². The number of allylic oxidation sites excluding steroid dienone is 2. The van der Waals surface area contributed by atoms with Crippen molar-refractivity contribution in [3.63, 3.8) is 0 Å². The molecule has 0 heterocycles. The van der Waals surface area contributed by atoms with Crippen LogP contribution in [0.25, 0.3) is 0 Å². The van der Waals surface area contributed by atoms with E-state index in [0.717, 1.165) is 44.9 Å². The highest BCUT2D eigenvalue weighted by Crippen LogP contribution is 2.51. The van der Waals surface area contributed by atoms with Gasteiger partial charge in [-0.25, -0.2) is 0 Å². The summed E-state index contributed by atoms with van der Waals surface area (Å²) < 4.78 is 0. The molecule has 0 aromatic carbocycles. The van der Waals surface area contributed by atoms with Crippen LogP contribution in [-0.4, -0.2) is 33.5 Å². The van der Waals surface area contributed by atoms with Crippen LogP contribution in [0.2, 0.25) is 0 Å². The van der Waals surface area contributed by atoms with Crippen LogP contribution in [0, 0.1) is 29.6 Å². The lowest BCUT2D eigenvalue weighted by Gasteiger charge is -2.48. The van der Waals surface area contributed by atoms with Gasteiger partial charge in [0.1, 0.15) is 6.10 Å². The molecule has 0 spiro atoms. The first-order valence-corrected chi connectivity index (χ1v) is 9.80. The average Bonchev–Trinajstić information content (AvgIpc) is 2.54. The standard InChI is InChI=1S/C21H32O4/c1-2-3-4-8-16(22)10-11-18-19-14-15(7-5-6-9-21(24)25)17(19)12-13-20(18)23/h7,16-20,22-23H,2-6,8-9,12-14H2,1H3,(H,24,25)/t16?,17-,18-,19+,20-/m1/s1. The number of aliphatic carboxylic acids is 1. The minimum atomic E-state index is -0.737. The summed E-state index contributed by atoms with van der Waals surface area (Å²) in [6, 6.07) is 0. The number of hydrogen-bond donors (Lipinski definition) is 3. The van der Waals surface area contributed by atoms with Gasteiger partial charge < -0.3 is 15.3 Å². The molecule has 2 aliphatic carbocycles. The highest BCUT2D eigenvalue weighted by molar-refractivity contribution is 5.66. The van der Waals surface area contributed by atoms with Gasteiger partial charge in [0, 0.05) is 6.42 Å². The first kappa shape index (κ1) is 20.0. The van der Waals surface area contributed by atoms with E-state index in [2.05, 4.69) is 24.8 Å². The minimum Gasteiger partial charge on any atom is -0.481 e. The molecule has 0 saturated heterocycles. The van der Waals surface area contributed by atoms with Crippen molar-refractivity contribution in [2.45, 2.75) is 83.3 Å². The molecular weight excluding hydrogens is 316 g/mol. The van der Waals surface area contributed by atoms with E-state index >= 15 is 0 Å². The second-order valence-electron chi connectivity index (χ2n) is 7.51. The van der Waals surface area contributed by atoms with E-state index in [1.807, 2.05) is 0 Å². The van der Waals surface area contributed by atoms with Crippen molar-refractivity contribution in [1.29, 1.82) is 0 Å². The van der Waals surface area contributed by atoms with E-state index in [1.165, 1.54) is 5.57 Å². The molecule has 2 fully saturated rings. The van der Waals surface area contributed by atoms with E-state index < -0.39 is 12.1 Å². The molecule has 1 unspecified atom stereocenters. The summed E-state index contributed by atoms with van der Waals surface area (Å²) in [6.45, 7) is 2.14. The van der Waals surface area contributed by atoms with E-state index in [4.69, 9.17) is 5.11 Å². The van der Waals surface area contributed by atoms with Crippen molar-refractivity contribution in [3.05, 3.63) is 11.6 Å². The second-order valence-corrected chi connectivity index (χ2v) is 7.51. The van der Waals surface area contributed by atoms with Crippen LogP contribution in [0.15, 0.2) is 11.6 Å². The summed E-state index contributed by atoms with van der Waals surface area (Å²) in [6.07, 6.45) is 9.64. The zero-order valence-corrected chi connectivity index (χ0v) is 15.3. The van der Waals surface area contributed by atoms with E-state index in [0.29, 0.717) is 24.7 Å². The Morgan fingerprint density at radius 2 is 2.12 bits per heavy atom. The molecule has 0 aromatic heterocycles. The lowest BCUT2D eigenvalue weighted by molar-refractivity contribution is -0.137. The molecule has 4 nitrogen and oxygen atoms in total. The molecule has 0 bridgehead atoms. The number of carboxylic acids is 1. The van der Waals surface area contributed by atoms with Gasteiger partial charge in [-0.3, -0.25) is 4.79 Å². The van der Waals surface area contributed by atoms with Crippen LogP contribution in [-0.2, 0) is 4.79 Å². The third-order valence-corrected chi connectivity index (χ3v) is 5.61. The molecule has 2 saturated carbocycles. The maximum absolute atomic E-state index is 10.6. The molecule has 25 heavy (non-hydrogen) atoms. The predicted molar refractivity (Wildman–Crippen MR) is 97.8 cm³/mol. The maximum Gasteiger partial charge on any atom is 0.303 e. The lowest BCUT2D eigenvalue weighted by atomic mass is 9.57. The number of aliphatic hydroxyl groups is 2. The average molecular weight is 348 g/mol. The Labute approximate surface area is 151 Å².